The van der Waals surface area contributed by atoms with E-state index in [1.165, 1.54) is 6.33 Å². The molecule has 21 heavy (non-hydrogen) atoms. The number of fused-ring (bicyclic) bond motifs is 1. The molecule has 0 aliphatic carbocycles. The number of hydrogen-bond acceptors (Lipinski definition) is 6. The highest BCUT2D eigenvalue weighted by Gasteiger charge is 2.29. The van der Waals surface area contributed by atoms with Gasteiger partial charge in [-0.2, -0.15) is 0 Å². The molecule has 2 aromatic heterocycles. The smallest absolute Gasteiger partial charge is 0.383 e. The number of phosphoric acid groups is 1. The lowest BCUT2D eigenvalue weighted by Gasteiger charge is -2.16. The minimum Gasteiger partial charge on any atom is -0.383 e. The molecule has 0 spiro atoms. The quantitative estimate of drug-likeness (QED) is 0.706. The predicted octanol–water partition coefficient (Wildman–Crippen LogP) is 0.800. The van der Waals surface area contributed by atoms with Gasteiger partial charge in [0.05, 0.1) is 18.1 Å². The molecule has 2 aromatic rings. The van der Waals surface area contributed by atoms with E-state index in [1.807, 2.05) is 16.8 Å². The van der Waals surface area contributed by atoms with Gasteiger partial charge in [-0.3, -0.25) is 4.52 Å². The van der Waals surface area contributed by atoms with Crippen molar-refractivity contribution in [3.63, 3.8) is 0 Å². The Morgan fingerprint density at radius 3 is 3.05 bits per heavy atom. The van der Waals surface area contributed by atoms with Crippen molar-refractivity contribution in [2.75, 3.05) is 12.3 Å². The van der Waals surface area contributed by atoms with Crippen LogP contribution in [0.1, 0.15) is 19.1 Å². The lowest BCUT2D eigenvalue weighted by Crippen LogP contribution is -2.16. The summed E-state index contributed by atoms with van der Waals surface area (Å²) in [4.78, 5) is 25.5. The summed E-state index contributed by atoms with van der Waals surface area (Å²) in [6.07, 6.45) is 3.92. The van der Waals surface area contributed by atoms with Crippen LogP contribution in [0, 0.1) is 0 Å². The van der Waals surface area contributed by atoms with Gasteiger partial charge in [-0.25, -0.2) is 14.5 Å². The zero-order chi connectivity index (χ0) is 15.0. The Bertz CT molecular complexity index is 699. The van der Waals surface area contributed by atoms with Crippen molar-refractivity contribution in [3.8, 4) is 0 Å². The molecule has 1 aliphatic rings. The first-order chi connectivity index (χ1) is 9.94. The number of aromatic nitrogens is 3. The van der Waals surface area contributed by atoms with Crippen molar-refractivity contribution in [2.45, 2.75) is 25.2 Å². The molecule has 1 fully saturated rings. The van der Waals surface area contributed by atoms with Crippen molar-refractivity contribution in [3.05, 3.63) is 18.6 Å². The van der Waals surface area contributed by atoms with Gasteiger partial charge in [-0.1, -0.05) is 0 Å². The molecule has 0 saturated carbocycles. The van der Waals surface area contributed by atoms with Gasteiger partial charge >= 0.3 is 7.82 Å². The van der Waals surface area contributed by atoms with Crippen LogP contribution in [0.15, 0.2) is 18.6 Å². The molecule has 0 aromatic carbocycles. The molecular formula is C11H15N4O5P. The Kier molecular flexibility index (Phi) is 3.68. The van der Waals surface area contributed by atoms with Crippen molar-refractivity contribution in [2.24, 2.45) is 0 Å². The molecule has 1 saturated heterocycles. The number of nitrogen functional groups attached to an aromatic ring is 1. The van der Waals surface area contributed by atoms with E-state index in [0.29, 0.717) is 24.3 Å². The summed E-state index contributed by atoms with van der Waals surface area (Å²) in [7, 11) is -4.47. The second-order valence-electron chi connectivity index (χ2n) is 4.80. The Morgan fingerprint density at radius 1 is 1.48 bits per heavy atom. The summed E-state index contributed by atoms with van der Waals surface area (Å²) in [5.41, 5.74) is 6.45. The number of rotatable bonds is 4. The van der Waals surface area contributed by atoms with E-state index in [2.05, 4.69) is 14.5 Å². The molecule has 4 N–H and O–H groups in total. The molecule has 10 heteroatoms. The van der Waals surface area contributed by atoms with Crippen LogP contribution >= 0.6 is 7.82 Å². The maximum absolute atomic E-state index is 10.7. The van der Waals surface area contributed by atoms with Gasteiger partial charge in [0, 0.05) is 6.20 Å². The summed E-state index contributed by atoms with van der Waals surface area (Å²) in [5.74, 6) is 0.401. The molecule has 0 radical (unpaired) electrons. The third kappa shape index (κ3) is 3.07. The lowest BCUT2D eigenvalue weighted by molar-refractivity contribution is -0.0202. The number of ether oxygens (including phenoxy) is 1. The maximum Gasteiger partial charge on any atom is 0.469 e. The topological polar surface area (TPSA) is 133 Å². The first-order valence-electron chi connectivity index (χ1n) is 6.36. The molecule has 2 atom stereocenters. The van der Waals surface area contributed by atoms with Gasteiger partial charge in [0.15, 0.2) is 0 Å². The molecule has 1 aliphatic heterocycles. The molecule has 114 valence electrons. The second kappa shape index (κ2) is 5.36. The summed E-state index contributed by atoms with van der Waals surface area (Å²) < 4.78 is 22.7. The Balaban J connectivity index is 1.73. The van der Waals surface area contributed by atoms with Crippen LogP contribution in [-0.4, -0.2) is 37.0 Å². The van der Waals surface area contributed by atoms with Gasteiger partial charge in [0.25, 0.3) is 0 Å². The molecule has 0 bridgehead atoms. The number of nitrogens with two attached hydrogens (primary N) is 1. The van der Waals surface area contributed by atoms with Crippen LogP contribution in [0.3, 0.4) is 0 Å². The average Bonchev–Trinajstić information content (AvgIpc) is 3.02. The molecule has 2 unspecified atom stereocenters. The Morgan fingerprint density at radius 2 is 2.29 bits per heavy atom. The third-order valence-electron chi connectivity index (χ3n) is 3.36. The van der Waals surface area contributed by atoms with Gasteiger partial charge in [0.1, 0.15) is 24.0 Å². The monoisotopic (exact) mass is 314 g/mol. The van der Waals surface area contributed by atoms with Crippen LogP contribution in [0.25, 0.3) is 11.0 Å². The molecule has 3 rings (SSSR count). The zero-order valence-electron chi connectivity index (χ0n) is 11.0. The first kappa shape index (κ1) is 14.4. The molecule has 3 heterocycles. The van der Waals surface area contributed by atoms with Crippen LogP contribution in [-0.2, 0) is 13.8 Å². The van der Waals surface area contributed by atoms with Crippen LogP contribution in [0.4, 0.5) is 5.82 Å². The minimum atomic E-state index is -4.47. The van der Waals surface area contributed by atoms with Gasteiger partial charge in [-0.05, 0) is 18.9 Å². The van der Waals surface area contributed by atoms with Crippen LogP contribution in [0.5, 0.6) is 0 Å². The summed E-state index contributed by atoms with van der Waals surface area (Å²) in [6, 6.07) is 1.81. The predicted molar refractivity (Wildman–Crippen MR) is 73.1 cm³/mol. The first-order valence-corrected chi connectivity index (χ1v) is 7.89. The Labute approximate surface area is 119 Å². The minimum absolute atomic E-state index is 0.142. The van der Waals surface area contributed by atoms with Crippen molar-refractivity contribution >= 4 is 24.7 Å². The highest BCUT2D eigenvalue weighted by molar-refractivity contribution is 7.46. The summed E-state index contributed by atoms with van der Waals surface area (Å²) in [5, 5.41) is 0.746. The Hall–Kier alpha value is -1.51. The lowest BCUT2D eigenvalue weighted by atomic mass is 10.2. The van der Waals surface area contributed by atoms with E-state index in [1.54, 1.807) is 0 Å². The molecule has 9 nitrogen and oxygen atoms in total. The number of nitrogens with zero attached hydrogens (tertiary/aromatic N) is 3. The van der Waals surface area contributed by atoms with E-state index < -0.39 is 7.82 Å². The van der Waals surface area contributed by atoms with E-state index in [0.717, 1.165) is 5.39 Å². The van der Waals surface area contributed by atoms with E-state index in [4.69, 9.17) is 20.3 Å². The summed E-state index contributed by atoms with van der Waals surface area (Å²) in [6.45, 7) is -0.142. The van der Waals surface area contributed by atoms with E-state index in [-0.39, 0.29) is 18.9 Å². The number of anilines is 1. The molecule has 0 amide bonds. The fraction of sp³-hybridized carbons (Fsp3) is 0.455. The SMILES string of the molecule is Nc1ncnc2c1ccn2C1CCC(COP(=O)(O)O)O1. The fourth-order valence-corrected chi connectivity index (χ4v) is 2.78. The van der Waals surface area contributed by atoms with Crippen molar-refractivity contribution < 1.29 is 23.6 Å². The number of phosphoric ester groups is 1. The second-order valence-corrected chi connectivity index (χ2v) is 6.03. The highest BCUT2D eigenvalue weighted by atomic mass is 31.2. The zero-order valence-corrected chi connectivity index (χ0v) is 11.9. The van der Waals surface area contributed by atoms with Gasteiger partial charge in [0.2, 0.25) is 0 Å². The standard InChI is InChI=1S/C11H15N4O5P/c12-10-8-3-4-15(11(8)14-6-13-10)9-2-1-7(20-9)5-19-21(16,17)18/h3-4,6-7,9H,1-2,5H2,(H2,12,13,14)(H2,16,17,18). The largest absolute Gasteiger partial charge is 0.469 e. The molecular weight excluding hydrogens is 299 g/mol. The average molecular weight is 314 g/mol. The fourth-order valence-electron chi connectivity index (χ4n) is 2.42. The normalized spacial score (nSPS) is 23.0. The van der Waals surface area contributed by atoms with E-state index in [9.17, 15) is 4.57 Å². The van der Waals surface area contributed by atoms with Crippen molar-refractivity contribution in [1.29, 1.82) is 0 Å². The number of hydrogen-bond donors (Lipinski definition) is 3. The third-order valence-corrected chi connectivity index (χ3v) is 3.85. The van der Waals surface area contributed by atoms with Gasteiger partial charge < -0.3 is 24.8 Å². The van der Waals surface area contributed by atoms with Crippen LogP contribution in [0.2, 0.25) is 0 Å². The highest BCUT2D eigenvalue weighted by Crippen LogP contribution is 2.38. The summed E-state index contributed by atoms with van der Waals surface area (Å²) >= 11 is 0. The maximum atomic E-state index is 10.7. The van der Waals surface area contributed by atoms with Crippen LogP contribution < -0.4 is 5.73 Å². The van der Waals surface area contributed by atoms with E-state index >= 15 is 0 Å². The van der Waals surface area contributed by atoms with Crippen molar-refractivity contribution in [1.82, 2.24) is 14.5 Å². The van der Waals surface area contributed by atoms with Gasteiger partial charge in [-0.15, -0.1) is 0 Å².